The summed E-state index contributed by atoms with van der Waals surface area (Å²) in [7, 11) is 0. The van der Waals surface area contributed by atoms with Crippen molar-refractivity contribution < 1.29 is 9.13 Å². The number of nitrogens with one attached hydrogen (secondary N) is 1. The molecule has 2 rings (SSSR count). The van der Waals surface area contributed by atoms with Gasteiger partial charge in [-0.15, -0.1) is 0 Å². The van der Waals surface area contributed by atoms with Crippen LogP contribution in [0.15, 0.2) is 18.2 Å². The van der Waals surface area contributed by atoms with Gasteiger partial charge in [-0.05, 0) is 31.9 Å². The molecule has 0 amide bonds. The molecule has 0 spiro atoms. The lowest BCUT2D eigenvalue weighted by Gasteiger charge is -2.12. The third-order valence-corrected chi connectivity index (χ3v) is 2.55. The normalized spacial score (nSPS) is 25.5. The standard InChI is InChI=1S/C11H15FN2O/c1-8-5-6-9(15-8)7-13-11-4-2-3-10(12)14-11/h2-4,8-9H,5-7H2,1H3,(H,13,14). The fourth-order valence-corrected chi connectivity index (χ4v) is 1.76. The van der Waals surface area contributed by atoms with Crippen molar-refractivity contribution in [3.05, 3.63) is 24.1 Å². The van der Waals surface area contributed by atoms with E-state index in [9.17, 15) is 4.39 Å². The topological polar surface area (TPSA) is 34.2 Å². The maximum absolute atomic E-state index is 12.7. The molecule has 1 N–H and O–H groups in total. The van der Waals surface area contributed by atoms with Gasteiger partial charge >= 0.3 is 0 Å². The predicted molar refractivity (Wildman–Crippen MR) is 56.3 cm³/mol. The fourth-order valence-electron chi connectivity index (χ4n) is 1.76. The zero-order valence-electron chi connectivity index (χ0n) is 8.74. The van der Waals surface area contributed by atoms with E-state index in [-0.39, 0.29) is 6.10 Å². The lowest BCUT2D eigenvalue weighted by atomic mass is 10.2. The number of nitrogens with zero attached hydrogens (tertiary/aromatic N) is 1. The van der Waals surface area contributed by atoms with Gasteiger partial charge in [-0.3, -0.25) is 0 Å². The van der Waals surface area contributed by atoms with Crippen LogP contribution in [0.1, 0.15) is 19.8 Å². The predicted octanol–water partition coefficient (Wildman–Crippen LogP) is 2.20. The Morgan fingerprint density at radius 2 is 2.40 bits per heavy atom. The summed E-state index contributed by atoms with van der Waals surface area (Å²) in [4.78, 5) is 3.72. The molecule has 2 unspecified atom stereocenters. The van der Waals surface area contributed by atoms with Crippen LogP contribution in [-0.2, 0) is 4.74 Å². The molecule has 1 aromatic heterocycles. The Kier molecular flexibility index (Phi) is 3.16. The summed E-state index contributed by atoms with van der Waals surface area (Å²) in [6.45, 7) is 2.77. The Labute approximate surface area is 88.7 Å². The van der Waals surface area contributed by atoms with Crippen molar-refractivity contribution >= 4 is 5.82 Å². The molecule has 0 aromatic carbocycles. The van der Waals surface area contributed by atoms with Crippen LogP contribution in [-0.4, -0.2) is 23.7 Å². The quantitative estimate of drug-likeness (QED) is 0.776. The van der Waals surface area contributed by atoms with Gasteiger partial charge in [-0.1, -0.05) is 6.07 Å². The van der Waals surface area contributed by atoms with Crippen LogP contribution in [0.25, 0.3) is 0 Å². The van der Waals surface area contributed by atoms with E-state index in [1.54, 1.807) is 12.1 Å². The molecule has 2 atom stereocenters. The highest BCUT2D eigenvalue weighted by Gasteiger charge is 2.21. The number of pyridine rings is 1. The number of aromatic nitrogens is 1. The SMILES string of the molecule is CC1CCC(CNc2cccc(F)n2)O1. The second kappa shape index (κ2) is 4.57. The number of ether oxygens (including phenoxy) is 1. The van der Waals surface area contributed by atoms with Gasteiger partial charge in [0.1, 0.15) is 5.82 Å². The van der Waals surface area contributed by atoms with E-state index in [1.807, 2.05) is 0 Å². The third-order valence-electron chi connectivity index (χ3n) is 2.55. The number of rotatable bonds is 3. The molecule has 0 radical (unpaired) electrons. The monoisotopic (exact) mass is 210 g/mol. The summed E-state index contributed by atoms with van der Waals surface area (Å²) in [5.74, 6) is 0.110. The Bertz CT molecular complexity index is 332. The summed E-state index contributed by atoms with van der Waals surface area (Å²) < 4.78 is 18.4. The Hall–Kier alpha value is -1.16. The van der Waals surface area contributed by atoms with Crippen LogP contribution in [0, 0.1) is 5.95 Å². The molecule has 82 valence electrons. The zero-order valence-corrected chi connectivity index (χ0v) is 8.74. The molecule has 1 aliphatic rings. The number of hydrogen-bond acceptors (Lipinski definition) is 3. The van der Waals surface area contributed by atoms with Crippen molar-refractivity contribution in [1.29, 1.82) is 0 Å². The Balaban J connectivity index is 1.83. The lowest BCUT2D eigenvalue weighted by Crippen LogP contribution is -2.20. The molecule has 4 heteroatoms. The van der Waals surface area contributed by atoms with Gasteiger partial charge < -0.3 is 10.1 Å². The highest BCUT2D eigenvalue weighted by Crippen LogP contribution is 2.19. The molecule has 1 saturated heterocycles. The first-order valence-corrected chi connectivity index (χ1v) is 5.26. The Morgan fingerprint density at radius 1 is 1.53 bits per heavy atom. The molecule has 1 aliphatic heterocycles. The van der Waals surface area contributed by atoms with E-state index in [4.69, 9.17) is 4.74 Å². The second-order valence-corrected chi connectivity index (χ2v) is 3.87. The lowest BCUT2D eigenvalue weighted by molar-refractivity contribution is 0.0636. The van der Waals surface area contributed by atoms with Crippen molar-refractivity contribution in [2.24, 2.45) is 0 Å². The number of anilines is 1. The van der Waals surface area contributed by atoms with E-state index in [0.717, 1.165) is 12.8 Å². The maximum atomic E-state index is 12.7. The number of hydrogen-bond donors (Lipinski definition) is 1. The summed E-state index contributed by atoms with van der Waals surface area (Å²) in [5.41, 5.74) is 0. The molecule has 15 heavy (non-hydrogen) atoms. The van der Waals surface area contributed by atoms with Crippen molar-refractivity contribution in [2.45, 2.75) is 32.0 Å². The van der Waals surface area contributed by atoms with Crippen molar-refractivity contribution in [2.75, 3.05) is 11.9 Å². The molecule has 0 aliphatic carbocycles. The number of halogens is 1. The summed E-state index contributed by atoms with van der Waals surface area (Å²) in [6, 6.07) is 4.73. The van der Waals surface area contributed by atoms with Gasteiger partial charge in [0.05, 0.1) is 12.2 Å². The van der Waals surface area contributed by atoms with Crippen LogP contribution in [0.5, 0.6) is 0 Å². The summed E-state index contributed by atoms with van der Waals surface area (Å²) in [6.07, 6.45) is 2.73. The van der Waals surface area contributed by atoms with Crippen molar-refractivity contribution in [1.82, 2.24) is 4.98 Å². The fraction of sp³-hybridized carbons (Fsp3) is 0.545. The smallest absolute Gasteiger partial charge is 0.214 e. The molecule has 3 nitrogen and oxygen atoms in total. The largest absolute Gasteiger partial charge is 0.373 e. The average Bonchev–Trinajstić information content (AvgIpc) is 2.62. The molecule has 2 heterocycles. The van der Waals surface area contributed by atoms with Crippen LogP contribution < -0.4 is 5.32 Å². The second-order valence-electron chi connectivity index (χ2n) is 3.87. The van der Waals surface area contributed by atoms with Gasteiger partial charge in [0.2, 0.25) is 5.95 Å². The van der Waals surface area contributed by atoms with Gasteiger partial charge in [-0.2, -0.15) is 4.39 Å². The minimum absolute atomic E-state index is 0.227. The minimum Gasteiger partial charge on any atom is -0.373 e. The highest BCUT2D eigenvalue weighted by molar-refractivity contribution is 5.33. The van der Waals surface area contributed by atoms with Gasteiger partial charge in [0.25, 0.3) is 0 Å². The first kappa shape index (κ1) is 10.4. The first-order valence-electron chi connectivity index (χ1n) is 5.26. The highest BCUT2D eigenvalue weighted by atomic mass is 19.1. The first-order chi connectivity index (χ1) is 7.24. The van der Waals surface area contributed by atoms with Crippen LogP contribution in [0.2, 0.25) is 0 Å². The van der Waals surface area contributed by atoms with Crippen molar-refractivity contribution in [3.8, 4) is 0 Å². The molecular weight excluding hydrogens is 195 g/mol. The Morgan fingerprint density at radius 3 is 3.07 bits per heavy atom. The molecule has 1 aromatic rings. The zero-order chi connectivity index (χ0) is 10.7. The minimum atomic E-state index is -0.458. The van der Waals surface area contributed by atoms with Crippen LogP contribution >= 0.6 is 0 Å². The van der Waals surface area contributed by atoms with Crippen LogP contribution in [0.4, 0.5) is 10.2 Å². The molecule has 0 bridgehead atoms. The maximum Gasteiger partial charge on any atom is 0.214 e. The molecule has 0 saturated carbocycles. The van der Waals surface area contributed by atoms with E-state index >= 15 is 0 Å². The molecule has 1 fully saturated rings. The molecular formula is C11H15FN2O. The van der Waals surface area contributed by atoms with Crippen LogP contribution in [0.3, 0.4) is 0 Å². The van der Waals surface area contributed by atoms with E-state index in [1.165, 1.54) is 6.07 Å². The van der Waals surface area contributed by atoms with E-state index in [0.29, 0.717) is 18.5 Å². The summed E-state index contributed by atoms with van der Waals surface area (Å²) >= 11 is 0. The summed E-state index contributed by atoms with van der Waals surface area (Å²) in [5, 5.41) is 3.07. The van der Waals surface area contributed by atoms with E-state index in [2.05, 4.69) is 17.2 Å². The van der Waals surface area contributed by atoms with E-state index < -0.39 is 5.95 Å². The van der Waals surface area contributed by atoms with Gasteiger partial charge in [-0.25, -0.2) is 4.98 Å². The van der Waals surface area contributed by atoms with Gasteiger partial charge in [0.15, 0.2) is 0 Å². The average molecular weight is 210 g/mol. The van der Waals surface area contributed by atoms with Crippen molar-refractivity contribution in [3.63, 3.8) is 0 Å². The third kappa shape index (κ3) is 2.89. The van der Waals surface area contributed by atoms with Gasteiger partial charge in [0, 0.05) is 6.54 Å².